The molecule has 33 heavy (non-hydrogen) atoms. The van der Waals surface area contributed by atoms with Crippen molar-refractivity contribution in [2.45, 2.75) is 70.8 Å². The van der Waals surface area contributed by atoms with Gasteiger partial charge in [-0.05, 0) is 94.4 Å². The zero-order valence-corrected chi connectivity index (χ0v) is 20.5. The molecule has 0 radical (unpaired) electrons. The van der Waals surface area contributed by atoms with Crippen LogP contribution in [0.5, 0.6) is 17.2 Å². The Kier molecular flexibility index (Phi) is 10.4. The number of hydrogen-bond donors (Lipinski definition) is 3. The molecule has 0 fully saturated rings. The average molecular weight is 455 g/mol. The van der Waals surface area contributed by atoms with Gasteiger partial charge in [-0.3, -0.25) is 0 Å². The van der Waals surface area contributed by atoms with Gasteiger partial charge in [-0.15, -0.1) is 0 Å². The summed E-state index contributed by atoms with van der Waals surface area (Å²) in [6.45, 7) is 6.60. The summed E-state index contributed by atoms with van der Waals surface area (Å²) in [4.78, 5) is 2.65. The van der Waals surface area contributed by atoms with Crippen LogP contribution in [-0.2, 0) is 19.3 Å². The third kappa shape index (κ3) is 7.38. The fourth-order valence-electron chi connectivity index (χ4n) is 5.05. The fourth-order valence-corrected chi connectivity index (χ4v) is 5.05. The van der Waals surface area contributed by atoms with Gasteiger partial charge in [-0.2, -0.15) is 0 Å². The minimum atomic E-state index is 0.00639. The second-order valence-corrected chi connectivity index (χ2v) is 9.23. The molecule has 0 aliphatic heterocycles. The Labute approximate surface area is 199 Å². The van der Waals surface area contributed by atoms with Crippen molar-refractivity contribution >= 4 is 0 Å². The molecule has 0 heterocycles. The van der Waals surface area contributed by atoms with Gasteiger partial charge in [0.05, 0.1) is 7.11 Å². The summed E-state index contributed by atoms with van der Waals surface area (Å²) in [6, 6.07) is 12.4. The van der Waals surface area contributed by atoms with Gasteiger partial charge in [-0.1, -0.05) is 44.0 Å². The van der Waals surface area contributed by atoms with Crippen LogP contribution in [0.25, 0.3) is 0 Å². The number of hydrogen-bond acceptors (Lipinski definition) is 5. The molecule has 1 unspecified atom stereocenters. The highest BCUT2D eigenvalue weighted by atomic mass is 16.5. The van der Waals surface area contributed by atoms with Crippen molar-refractivity contribution in [3.8, 4) is 17.2 Å². The van der Waals surface area contributed by atoms with Crippen LogP contribution in [0.1, 0.15) is 62.1 Å². The Bertz CT molecular complexity index is 855. The van der Waals surface area contributed by atoms with Gasteiger partial charge >= 0.3 is 0 Å². The van der Waals surface area contributed by atoms with E-state index in [4.69, 9.17) is 4.74 Å². The minimum absolute atomic E-state index is 0.00639. The van der Waals surface area contributed by atoms with E-state index in [2.05, 4.69) is 29.3 Å². The number of fused-ring (bicyclic) bond motifs is 1. The second kappa shape index (κ2) is 13.5. The van der Waals surface area contributed by atoms with Crippen molar-refractivity contribution in [2.75, 3.05) is 33.3 Å². The van der Waals surface area contributed by atoms with E-state index in [1.165, 1.54) is 43.2 Å². The predicted octanol–water partition coefficient (Wildman–Crippen LogP) is 5.07. The molecule has 0 saturated carbocycles. The van der Waals surface area contributed by atoms with Gasteiger partial charge in [0.1, 0.15) is 5.75 Å². The third-order valence-electron chi connectivity index (χ3n) is 6.88. The van der Waals surface area contributed by atoms with E-state index in [1.807, 2.05) is 18.2 Å². The smallest absolute Gasteiger partial charge is 0.160 e. The lowest BCUT2D eigenvalue weighted by Gasteiger charge is -2.35. The summed E-state index contributed by atoms with van der Waals surface area (Å²) >= 11 is 0. The van der Waals surface area contributed by atoms with E-state index in [9.17, 15) is 10.2 Å². The molecule has 3 N–H and O–H groups in total. The Morgan fingerprint density at radius 2 is 1.82 bits per heavy atom. The first kappa shape index (κ1) is 25.4. The molecule has 2 aromatic rings. The number of benzene rings is 2. The summed E-state index contributed by atoms with van der Waals surface area (Å²) in [5.41, 5.74) is 3.41. The Morgan fingerprint density at radius 3 is 2.64 bits per heavy atom. The first-order valence-corrected chi connectivity index (χ1v) is 12.7. The van der Waals surface area contributed by atoms with Gasteiger partial charge < -0.3 is 25.2 Å². The van der Waals surface area contributed by atoms with Crippen LogP contribution in [0.3, 0.4) is 0 Å². The number of para-hydroxylation sites is 1. The van der Waals surface area contributed by atoms with Crippen LogP contribution in [0.4, 0.5) is 0 Å². The molecule has 1 atom stereocenters. The van der Waals surface area contributed by atoms with Crippen LogP contribution < -0.4 is 10.1 Å². The molecule has 5 nitrogen and oxygen atoms in total. The third-order valence-corrected chi connectivity index (χ3v) is 6.88. The van der Waals surface area contributed by atoms with Crippen LogP contribution in [-0.4, -0.2) is 54.4 Å². The number of methoxy groups -OCH3 is 1. The molecule has 0 amide bonds. The van der Waals surface area contributed by atoms with E-state index in [-0.39, 0.29) is 11.5 Å². The second-order valence-electron chi connectivity index (χ2n) is 9.23. The first-order valence-electron chi connectivity index (χ1n) is 12.7. The number of nitrogens with zero attached hydrogens (tertiary/aromatic N) is 1. The topological polar surface area (TPSA) is 65.0 Å². The highest BCUT2D eigenvalue weighted by Gasteiger charge is 2.26. The number of phenols is 2. The monoisotopic (exact) mass is 454 g/mol. The molecule has 5 heteroatoms. The summed E-state index contributed by atoms with van der Waals surface area (Å²) in [5.74, 6) is 1.07. The maximum atomic E-state index is 10.2. The maximum Gasteiger partial charge on any atom is 0.160 e. The molecule has 1 aliphatic rings. The molecule has 1 aliphatic carbocycles. The van der Waals surface area contributed by atoms with Gasteiger partial charge in [0, 0.05) is 11.6 Å². The van der Waals surface area contributed by atoms with Gasteiger partial charge in [0.25, 0.3) is 0 Å². The summed E-state index contributed by atoms with van der Waals surface area (Å²) in [7, 11) is 1.73. The summed E-state index contributed by atoms with van der Waals surface area (Å²) < 4.78 is 5.42. The fraction of sp³-hybridized carbons (Fsp3) is 0.571. The number of unbranched alkanes of at least 4 members (excludes halogenated alkanes) is 3. The number of nitrogens with one attached hydrogen (secondary N) is 1. The van der Waals surface area contributed by atoms with E-state index in [1.54, 1.807) is 13.2 Å². The van der Waals surface area contributed by atoms with Crippen molar-refractivity contribution in [1.29, 1.82) is 0 Å². The molecule has 0 saturated heterocycles. The van der Waals surface area contributed by atoms with E-state index >= 15 is 0 Å². The lowest BCUT2D eigenvalue weighted by Crippen LogP contribution is -2.40. The normalized spacial score (nSPS) is 15.5. The van der Waals surface area contributed by atoms with Crippen molar-refractivity contribution in [1.82, 2.24) is 10.2 Å². The highest BCUT2D eigenvalue weighted by molar-refractivity contribution is 5.50. The first-order chi connectivity index (χ1) is 16.1. The molecular formula is C28H42N2O3. The predicted molar refractivity (Wildman–Crippen MR) is 135 cm³/mol. The molecular weight excluding hydrogens is 412 g/mol. The van der Waals surface area contributed by atoms with Crippen molar-refractivity contribution in [3.05, 3.63) is 53.1 Å². The van der Waals surface area contributed by atoms with Crippen LogP contribution in [0.2, 0.25) is 0 Å². The van der Waals surface area contributed by atoms with E-state index in [0.717, 1.165) is 63.2 Å². The number of aromatic hydroxyl groups is 2. The summed E-state index contributed by atoms with van der Waals surface area (Å²) in [5, 5.41) is 23.5. The zero-order chi connectivity index (χ0) is 23.5. The standard InChI is InChI=1S/C28H42N2O3/c1-3-19-30(24-13-14-25-23(21-24)12-15-26(31)28(25)32)20-9-5-4-8-17-29-18-16-22-10-6-7-11-27(22)33-2/h6-7,10-12,15,24,29,31-32H,3-5,8-9,13-14,16-21H2,1-2H3. The number of phenolic OH excluding ortho intramolecular Hbond substituents is 2. The lowest BCUT2D eigenvalue weighted by molar-refractivity contribution is 0.175. The number of rotatable bonds is 14. The zero-order valence-electron chi connectivity index (χ0n) is 20.5. The van der Waals surface area contributed by atoms with Crippen molar-refractivity contribution in [3.63, 3.8) is 0 Å². The lowest BCUT2D eigenvalue weighted by atomic mass is 9.86. The van der Waals surface area contributed by atoms with Crippen LogP contribution in [0.15, 0.2) is 36.4 Å². The Balaban J connectivity index is 1.31. The van der Waals surface area contributed by atoms with E-state index < -0.39 is 0 Å². The van der Waals surface area contributed by atoms with E-state index in [0.29, 0.717) is 6.04 Å². The molecule has 2 aromatic carbocycles. The molecule has 0 bridgehead atoms. The average Bonchev–Trinajstić information content (AvgIpc) is 2.84. The van der Waals surface area contributed by atoms with Gasteiger partial charge in [0.2, 0.25) is 0 Å². The van der Waals surface area contributed by atoms with Crippen molar-refractivity contribution < 1.29 is 14.9 Å². The Morgan fingerprint density at radius 1 is 1.00 bits per heavy atom. The quantitative estimate of drug-likeness (QED) is 0.275. The van der Waals surface area contributed by atoms with Gasteiger partial charge in [0.15, 0.2) is 11.5 Å². The SMILES string of the molecule is CCCN(CCCCCCNCCc1ccccc1OC)C1CCc2c(ccc(O)c2O)C1. The summed E-state index contributed by atoms with van der Waals surface area (Å²) in [6.07, 6.45) is 10.0. The molecule has 3 rings (SSSR count). The minimum Gasteiger partial charge on any atom is -0.504 e. The molecule has 0 spiro atoms. The molecule has 182 valence electrons. The molecule has 0 aromatic heterocycles. The van der Waals surface area contributed by atoms with Crippen LogP contribution in [0, 0.1) is 0 Å². The van der Waals surface area contributed by atoms with Crippen molar-refractivity contribution in [2.24, 2.45) is 0 Å². The largest absolute Gasteiger partial charge is 0.504 e. The Hall–Kier alpha value is -2.24. The van der Waals surface area contributed by atoms with Gasteiger partial charge in [-0.25, -0.2) is 0 Å². The highest BCUT2D eigenvalue weighted by Crippen LogP contribution is 2.36. The maximum absolute atomic E-state index is 10.2. The van der Waals surface area contributed by atoms with Crippen LogP contribution >= 0.6 is 0 Å². The number of ether oxygens (including phenoxy) is 1.